The number of rotatable bonds is 4. The average Bonchev–Trinajstić information content (AvgIpc) is 2.22. The maximum absolute atomic E-state index is 6.12. The van der Waals surface area contributed by atoms with Crippen molar-refractivity contribution >= 4 is 17.4 Å². The number of aromatic nitrogens is 2. The summed E-state index contributed by atoms with van der Waals surface area (Å²) in [5.41, 5.74) is 0.755. The molecule has 0 aliphatic heterocycles. The number of anilines is 1. The minimum Gasteiger partial charge on any atom is -0.383 e. The summed E-state index contributed by atoms with van der Waals surface area (Å²) < 4.78 is 4.99. The van der Waals surface area contributed by atoms with Crippen LogP contribution in [0.2, 0.25) is 5.15 Å². The van der Waals surface area contributed by atoms with Crippen LogP contribution in [0.4, 0.5) is 5.82 Å². The summed E-state index contributed by atoms with van der Waals surface area (Å²) in [6.45, 7) is 9.43. The minimum absolute atomic E-state index is 0.116. The molecule has 0 aromatic carbocycles. The Hall–Kier alpha value is -0.870. The van der Waals surface area contributed by atoms with Crippen molar-refractivity contribution in [3.05, 3.63) is 16.5 Å². The van der Waals surface area contributed by atoms with Gasteiger partial charge in [0.05, 0.1) is 6.61 Å². The zero-order chi connectivity index (χ0) is 13.1. The summed E-state index contributed by atoms with van der Waals surface area (Å²) in [4.78, 5) is 8.83. The maximum Gasteiger partial charge on any atom is 0.137 e. The highest BCUT2D eigenvalue weighted by atomic mass is 35.5. The molecule has 0 saturated heterocycles. The highest BCUT2D eigenvalue weighted by molar-refractivity contribution is 6.30. The van der Waals surface area contributed by atoms with E-state index in [9.17, 15) is 0 Å². The molecule has 0 unspecified atom stereocenters. The van der Waals surface area contributed by atoms with E-state index >= 15 is 0 Å². The fraction of sp³-hybridized carbons (Fsp3) is 0.667. The van der Waals surface area contributed by atoms with Gasteiger partial charge in [-0.2, -0.15) is 0 Å². The molecule has 0 saturated carbocycles. The van der Waals surface area contributed by atoms with Gasteiger partial charge in [0.1, 0.15) is 16.8 Å². The van der Waals surface area contributed by atoms with Crippen molar-refractivity contribution in [3.63, 3.8) is 0 Å². The van der Waals surface area contributed by atoms with Crippen molar-refractivity contribution in [2.24, 2.45) is 0 Å². The Balaban J connectivity index is 2.99. The second kappa shape index (κ2) is 5.65. The molecule has 1 rings (SSSR count). The first kappa shape index (κ1) is 14.2. The summed E-state index contributed by atoms with van der Waals surface area (Å²) in [6.07, 6.45) is 0. The van der Waals surface area contributed by atoms with E-state index in [-0.39, 0.29) is 5.41 Å². The van der Waals surface area contributed by atoms with Crippen molar-refractivity contribution in [1.82, 2.24) is 9.97 Å². The fourth-order valence-corrected chi connectivity index (χ4v) is 1.44. The van der Waals surface area contributed by atoms with Crippen molar-refractivity contribution in [1.29, 1.82) is 0 Å². The molecule has 0 spiro atoms. The molecule has 1 aromatic rings. The number of nitrogens with one attached hydrogen (secondary N) is 1. The van der Waals surface area contributed by atoms with Gasteiger partial charge >= 0.3 is 0 Å². The van der Waals surface area contributed by atoms with Crippen LogP contribution < -0.4 is 5.32 Å². The summed E-state index contributed by atoms with van der Waals surface area (Å²) >= 11 is 6.12. The monoisotopic (exact) mass is 257 g/mol. The first-order valence-electron chi connectivity index (χ1n) is 5.63. The third-order valence-electron chi connectivity index (χ3n) is 2.36. The second-order valence-corrected chi connectivity index (χ2v) is 5.34. The number of methoxy groups -OCH3 is 1. The van der Waals surface area contributed by atoms with Crippen LogP contribution in [0.25, 0.3) is 0 Å². The lowest BCUT2D eigenvalue weighted by atomic mass is 9.95. The molecule has 5 heteroatoms. The van der Waals surface area contributed by atoms with Crippen LogP contribution in [-0.4, -0.2) is 30.2 Å². The molecule has 0 radical (unpaired) electrons. The SMILES string of the molecule is COCCNc1nc(C(C)(C)C)nc(Cl)c1C. The lowest BCUT2D eigenvalue weighted by molar-refractivity contribution is 0.210. The number of hydrogen-bond donors (Lipinski definition) is 1. The van der Waals surface area contributed by atoms with Crippen molar-refractivity contribution in [3.8, 4) is 0 Å². The van der Waals surface area contributed by atoms with E-state index in [1.165, 1.54) is 0 Å². The smallest absolute Gasteiger partial charge is 0.137 e. The molecule has 0 aliphatic rings. The van der Waals surface area contributed by atoms with Crippen molar-refractivity contribution in [2.45, 2.75) is 33.1 Å². The predicted octanol–water partition coefficient (Wildman–Crippen LogP) is 2.79. The Morgan fingerprint density at radius 3 is 2.47 bits per heavy atom. The molecule has 0 atom stereocenters. The first-order chi connectivity index (χ1) is 7.86. The quantitative estimate of drug-likeness (QED) is 0.666. The van der Waals surface area contributed by atoms with Gasteiger partial charge in [-0.1, -0.05) is 32.4 Å². The summed E-state index contributed by atoms with van der Waals surface area (Å²) in [5, 5.41) is 3.71. The Morgan fingerprint density at radius 2 is 1.94 bits per heavy atom. The molecular weight excluding hydrogens is 238 g/mol. The molecule has 0 fully saturated rings. The minimum atomic E-state index is -0.116. The summed E-state index contributed by atoms with van der Waals surface area (Å²) in [6, 6.07) is 0. The molecule has 0 aliphatic carbocycles. The van der Waals surface area contributed by atoms with Crippen LogP contribution in [0.3, 0.4) is 0 Å². The normalized spacial score (nSPS) is 11.6. The van der Waals surface area contributed by atoms with Crippen LogP contribution in [0.15, 0.2) is 0 Å². The van der Waals surface area contributed by atoms with E-state index in [0.29, 0.717) is 18.3 Å². The highest BCUT2D eigenvalue weighted by Gasteiger charge is 2.20. The van der Waals surface area contributed by atoms with Gasteiger partial charge in [-0.05, 0) is 6.92 Å². The molecule has 0 amide bonds. The molecule has 1 N–H and O–H groups in total. The zero-order valence-corrected chi connectivity index (χ0v) is 11.9. The fourth-order valence-electron chi connectivity index (χ4n) is 1.27. The third-order valence-corrected chi connectivity index (χ3v) is 2.72. The molecule has 4 nitrogen and oxygen atoms in total. The summed E-state index contributed by atoms with van der Waals surface area (Å²) in [5.74, 6) is 1.53. The highest BCUT2D eigenvalue weighted by Crippen LogP contribution is 2.25. The lowest BCUT2D eigenvalue weighted by Gasteiger charge is -2.19. The third kappa shape index (κ3) is 3.82. The standard InChI is InChI=1S/C12H20ClN3O/c1-8-9(13)15-11(12(2,3)4)16-10(8)14-6-7-17-5/h6-7H2,1-5H3,(H,14,15,16). The molecule has 96 valence electrons. The van der Waals surface area contributed by atoms with Crippen LogP contribution in [-0.2, 0) is 10.2 Å². The van der Waals surface area contributed by atoms with Gasteiger partial charge in [0.25, 0.3) is 0 Å². The van der Waals surface area contributed by atoms with E-state index in [0.717, 1.165) is 17.2 Å². The molecule has 17 heavy (non-hydrogen) atoms. The molecule has 0 bridgehead atoms. The predicted molar refractivity (Wildman–Crippen MR) is 70.8 cm³/mol. The van der Waals surface area contributed by atoms with Gasteiger partial charge in [-0.3, -0.25) is 0 Å². The van der Waals surface area contributed by atoms with Crippen molar-refractivity contribution < 1.29 is 4.74 Å². The van der Waals surface area contributed by atoms with E-state index in [1.807, 2.05) is 6.92 Å². The van der Waals surface area contributed by atoms with E-state index in [2.05, 4.69) is 36.1 Å². The van der Waals surface area contributed by atoms with Gasteiger partial charge in [-0.15, -0.1) is 0 Å². The van der Waals surface area contributed by atoms with Crippen molar-refractivity contribution in [2.75, 3.05) is 25.6 Å². The Labute approximate surface area is 108 Å². The second-order valence-electron chi connectivity index (χ2n) is 4.98. The number of halogens is 1. The molecular formula is C12H20ClN3O. The topological polar surface area (TPSA) is 47.0 Å². The van der Waals surface area contributed by atoms with Crippen LogP contribution in [0.5, 0.6) is 0 Å². The Bertz CT molecular complexity index is 388. The van der Waals surface area contributed by atoms with Gasteiger partial charge in [0, 0.05) is 24.6 Å². The van der Waals surface area contributed by atoms with E-state index in [1.54, 1.807) is 7.11 Å². The van der Waals surface area contributed by atoms with Gasteiger partial charge in [0.2, 0.25) is 0 Å². The lowest BCUT2D eigenvalue weighted by Crippen LogP contribution is -2.19. The Morgan fingerprint density at radius 1 is 1.29 bits per heavy atom. The largest absolute Gasteiger partial charge is 0.383 e. The molecule has 1 aromatic heterocycles. The van der Waals surface area contributed by atoms with E-state index < -0.39 is 0 Å². The zero-order valence-electron chi connectivity index (χ0n) is 11.1. The number of ether oxygens (including phenoxy) is 1. The van der Waals surface area contributed by atoms with E-state index in [4.69, 9.17) is 16.3 Å². The maximum atomic E-state index is 6.12. The van der Waals surface area contributed by atoms with Gasteiger partial charge in [-0.25, -0.2) is 9.97 Å². The average molecular weight is 258 g/mol. The number of hydrogen-bond acceptors (Lipinski definition) is 4. The Kier molecular flexibility index (Phi) is 4.71. The van der Waals surface area contributed by atoms with Crippen LogP contribution in [0, 0.1) is 6.92 Å². The van der Waals surface area contributed by atoms with Gasteiger partial charge < -0.3 is 10.1 Å². The first-order valence-corrected chi connectivity index (χ1v) is 6.01. The summed E-state index contributed by atoms with van der Waals surface area (Å²) in [7, 11) is 1.67. The van der Waals surface area contributed by atoms with Crippen LogP contribution in [0.1, 0.15) is 32.2 Å². The van der Waals surface area contributed by atoms with Gasteiger partial charge in [0.15, 0.2) is 0 Å². The molecule has 1 heterocycles. The number of nitrogens with zero attached hydrogens (tertiary/aromatic N) is 2. The van der Waals surface area contributed by atoms with Crippen LogP contribution >= 0.6 is 11.6 Å².